The summed E-state index contributed by atoms with van der Waals surface area (Å²) in [6.45, 7) is 1.86. The van der Waals surface area contributed by atoms with Gasteiger partial charge in [0.15, 0.2) is 0 Å². The Morgan fingerprint density at radius 1 is 1.19 bits per heavy atom. The lowest BCUT2D eigenvalue weighted by atomic mass is 10.1. The number of nitrogens with one attached hydrogen (secondary N) is 1. The molecule has 0 bridgehead atoms. The van der Waals surface area contributed by atoms with E-state index in [-0.39, 0.29) is 29.8 Å². The van der Waals surface area contributed by atoms with Crippen LogP contribution < -0.4 is 10.1 Å². The maximum atomic E-state index is 12.6. The van der Waals surface area contributed by atoms with E-state index in [4.69, 9.17) is 4.74 Å². The summed E-state index contributed by atoms with van der Waals surface area (Å²) >= 11 is 0. The van der Waals surface area contributed by atoms with Gasteiger partial charge in [0.25, 0.3) is 5.91 Å². The van der Waals surface area contributed by atoms with Gasteiger partial charge in [-0.25, -0.2) is 4.98 Å². The second-order valence-corrected chi connectivity index (χ2v) is 7.10. The van der Waals surface area contributed by atoms with Gasteiger partial charge in [0.2, 0.25) is 0 Å². The first kappa shape index (κ1) is 17.9. The Kier molecular flexibility index (Phi) is 5.31. The summed E-state index contributed by atoms with van der Waals surface area (Å²) in [7, 11) is 0. The van der Waals surface area contributed by atoms with Crippen molar-refractivity contribution in [1.82, 2.24) is 20.2 Å². The number of aliphatic hydroxyl groups excluding tert-OH is 1. The highest BCUT2D eigenvalue weighted by atomic mass is 16.5. The van der Waals surface area contributed by atoms with Gasteiger partial charge < -0.3 is 15.2 Å². The van der Waals surface area contributed by atoms with Crippen LogP contribution in [-0.4, -0.2) is 63.3 Å². The molecule has 0 spiro atoms. The summed E-state index contributed by atoms with van der Waals surface area (Å²) in [5, 5.41) is 14.0. The first-order chi connectivity index (χ1) is 13.2. The Balaban J connectivity index is 1.51. The molecule has 2 aliphatic rings. The minimum atomic E-state index is -0.671. The first-order valence-electron chi connectivity index (χ1n) is 9.43. The largest absolute Gasteiger partial charge is 0.488 e. The molecular weight excluding hydrogens is 344 g/mol. The Morgan fingerprint density at radius 2 is 1.96 bits per heavy atom. The number of hydrogen-bond donors (Lipinski definition) is 2. The molecule has 1 saturated heterocycles. The van der Waals surface area contributed by atoms with E-state index < -0.39 is 6.10 Å². The fraction of sp³-hybridized carbons (Fsp3) is 0.450. The van der Waals surface area contributed by atoms with E-state index in [9.17, 15) is 9.90 Å². The molecule has 0 radical (unpaired) electrons. The fourth-order valence-corrected chi connectivity index (χ4v) is 4.09. The van der Waals surface area contributed by atoms with Crippen molar-refractivity contribution in [2.45, 2.75) is 43.6 Å². The molecule has 1 saturated carbocycles. The normalized spacial score (nSPS) is 28.2. The van der Waals surface area contributed by atoms with Gasteiger partial charge >= 0.3 is 0 Å². The van der Waals surface area contributed by atoms with Crippen LogP contribution in [0.4, 0.5) is 0 Å². The summed E-state index contributed by atoms with van der Waals surface area (Å²) < 4.78 is 6.04. The average Bonchev–Trinajstić information content (AvgIpc) is 3.32. The highest BCUT2D eigenvalue weighted by Gasteiger charge is 2.48. The topological polar surface area (TPSA) is 87.6 Å². The van der Waals surface area contributed by atoms with Gasteiger partial charge in [-0.3, -0.25) is 14.7 Å². The monoisotopic (exact) mass is 368 g/mol. The number of likely N-dealkylation sites (tertiary alicyclic amines) is 1. The predicted octanol–water partition coefficient (Wildman–Crippen LogP) is 1.25. The molecule has 2 fully saturated rings. The number of ether oxygens (including phenoxy) is 1. The number of rotatable bonds is 5. The highest BCUT2D eigenvalue weighted by molar-refractivity contribution is 5.92. The molecule has 1 aromatic heterocycles. The van der Waals surface area contributed by atoms with Crippen molar-refractivity contribution in [3.05, 3.63) is 54.6 Å². The van der Waals surface area contributed by atoms with Crippen molar-refractivity contribution >= 4 is 5.91 Å². The van der Waals surface area contributed by atoms with Crippen LogP contribution in [0.1, 0.15) is 29.8 Å². The standard InChI is InChI=1S/C20H24N4O3/c25-19-17(27-14-6-2-1-3-7-14)12-15(18(19)24-10-4-5-11-24)23-20(26)16-13-21-8-9-22-16/h1-3,6-9,13,15,17-19,25H,4-5,10-12H2,(H,23,26)/t15-,17-,18+,19+/m1/s1. The molecule has 2 N–H and O–H groups in total. The third kappa shape index (κ3) is 3.94. The number of aliphatic hydroxyl groups is 1. The smallest absolute Gasteiger partial charge is 0.271 e. The molecule has 7 heteroatoms. The van der Waals surface area contributed by atoms with Crippen molar-refractivity contribution in [2.24, 2.45) is 0 Å². The number of hydrogen-bond acceptors (Lipinski definition) is 6. The van der Waals surface area contributed by atoms with Crippen LogP contribution in [0.25, 0.3) is 0 Å². The second kappa shape index (κ2) is 8.02. The maximum absolute atomic E-state index is 12.6. The molecule has 0 unspecified atom stereocenters. The second-order valence-electron chi connectivity index (χ2n) is 7.10. The van der Waals surface area contributed by atoms with Gasteiger partial charge in [-0.2, -0.15) is 0 Å². The quantitative estimate of drug-likeness (QED) is 0.826. The summed E-state index contributed by atoms with van der Waals surface area (Å²) in [6, 6.07) is 9.12. The molecule has 1 aromatic carbocycles. The van der Waals surface area contributed by atoms with Gasteiger partial charge in [0, 0.05) is 18.8 Å². The summed E-state index contributed by atoms with van der Waals surface area (Å²) in [4.78, 5) is 22.9. The lowest BCUT2D eigenvalue weighted by Gasteiger charge is -2.31. The molecule has 2 heterocycles. The van der Waals surface area contributed by atoms with Crippen LogP contribution in [0.2, 0.25) is 0 Å². The van der Waals surface area contributed by atoms with Crippen LogP contribution in [-0.2, 0) is 0 Å². The van der Waals surface area contributed by atoms with Crippen LogP contribution in [0.15, 0.2) is 48.9 Å². The summed E-state index contributed by atoms with van der Waals surface area (Å²) in [6.07, 6.45) is 6.20. The zero-order chi connectivity index (χ0) is 18.6. The zero-order valence-electron chi connectivity index (χ0n) is 15.1. The Morgan fingerprint density at radius 3 is 2.67 bits per heavy atom. The molecule has 4 atom stereocenters. The molecule has 7 nitrogen and oxygen atoms in total. The van der Waals surface area contributed by atoms with Gasteiger partial charge in [0.1, 0.15) is 23.7 Å². The number of aromatic nitrogens is 2. The van der Waals surface area contributed by atoms with Crippen LogP contribution in [0.3, 0.4) is 0 Å². The molecule has 1 aliphatic heterocycles. The number of para-hydroxylation sites is 1. The van der Waals surface area contributed by atoms with Crippen molar-refractivity contribution in [3.8, 4) is 5.75 Å². The molecule has 4 rings (SSSR count). The number of amides is 1. The first-order valence-corrected chi connectivity index (χ1v) is 9.43. The Hall–Kier alpha value is -2.51. The van der Waals surface area contributed by atoms with E-state index >= 15 is 0 Å². The number of carbonyl (C=O) groups is 1. The van der Waals surface area contributed by atoms with E-state index in [2.05, 4.69) is 20.2 Å². The fourth-order valence-electron chi connectivity index (χ4n) is 4.09. The lowest BCUT2D eigenvalue weighted by molar-refractivity contribution is 0.0139. The average molecular weight is 368 g/mol. The van der Waals surface area contributed by atoms with Gasteiger partial charge in [-0.1, -0.05) is 18.2 Å². The van der Waals surface area contributed by atoms with Crippen LogP contribution >= 0.6 is 0 Å². The maximum Gasteiger partial charge on any atom is 0.271 e. The van der Waals surface area contributed by atoms with Gasteiger partial charge in [-0.05, 0) is 38.1 Å². The van der Waals surface area contributed by atoms with E-state index in [1.54, 1.807) is 0 Å². The third-order valence-electron chi connectivity index (χ3n) is 5.33. The minimum absolute atomic E-state index is 0.165. The molecule has 142 valence electrons. The SMILES string of the molecule is O=C(N[C@@H]1C[C@@H](Oc2ccccc2)[C@H](O)[C@H]1N1CCCC1)c1cnccn1. The lowest BCUT2D eigenvalue weighted by Crippen LogP contribution is -2.52. The Labute approximate surface area is 158 Å². The van der Waals surface area contributed by atoms with Gasteiger partial charge in [0.05, 0.1) is 18.3 Å². The van der Waals surface area contributed by atoms with Gasteiger partial charge in [-0.15, -0.1) is 0 Å². The molecule has 2 aromatic rings. The van der Waals surface area contributed by atoms with Crippen LogP contribution in [0, 0.1) is 0 Å². The Bertz CT molecular complexity index is 752. The van der Waals surface area contributed by atoms with E-state index in [0.717, 1.165) is 31.7 Å². The predicted molar refractivity (Wildman–Crippen MR) is 99.4 cm³/mol. The van der Waals surface area contributed by atoms with Crippen molar-refractivity contribution < 1.29 is 14.6 Å². The number of nitrogens with zero attached hydrogens (tertiary/aromatic N) is 3. The van der Waals surface area contributed by atoms with Crippen molar-refractivity contribution in [3.63, 3.8) is 0 Å². The molecule has 1 amide bonds. The van der Waals surface area contributed by atoms with E-state index in [0.29, 0.717) is 6.42 Å². The van der Waals surface area contributed by atoms with E-state index in [1.165, 1.54) is 18.6 Å². The summed E-state index contributed by atoms with van der Waals surface area (Å²) in [5.74, 6) is 0.451. The van der Waals surface area contributed by atoms with Crippen LogP contribution in [0.5, 0.6) is 5.75 Å². The highest BCUT2D eigenvalue weighted by Crippen LogP contribution is 2.31. The molecule has 1 aliphatic carbocycles. The van der Waals surface area contributed by atoms with E-state index in [1.807, 2.05) is 30.3 Å². The zero-order valence-corrected chi connectivity index (χ0v) is 15.1. The van der Waals surface area contributed by atoms with Crippen molar-refractivity contribution in [2.75, 3.05) is 13.1 Å². The molecule has 27 heavy (non-hydrogen) atoms. The number of benzene rings is 1. The third-order valence-corrected chi connectivity index (χ3v) is 5.33. The van der Waals surface area contributed by atoms with Crippen molar-refractivity contribution in [1.29, 1.82) is 0 Å². The molecular formula is C20H24N4O3. The number of carbonyl (C=O) groups excluding carboxylic acids is 1. The summed E-state index contributed by atoms with van der Waals surface area (Å²) in [5.41, 5.74) is 0.277. The minimum Gasteiger partial charge on any atom is -0.488 e.